The van der Waals surface area contributed by atoms with E-state index in [-0.39, 0.29) is 11.7 Å². The molecule has 0 unspecified atom stereocenters. The first-order valence-electron chi connectivity index (χ1n) is 8.19. The van der Waals surface area contributed by atoms with E-state index in [9.17, 15) is 9.18 Å². The molecule has 0 saturated carbocycles. The largest absolute Gasteiger partial charge is 0.322 e. The minimum Gasteiger partial charge on any atom is -0.322 e. The van der Waals surface area contributed by atoms with E-state index in [1.807, 2.05) is 24.3 Å². The molecule has 1 N–H and O–H groups in total. The van der Waals surface area contributed by atoms with Crippen molar-refractivity contribution in [2.24, 2.45) is 0 Å². The highest BCUT2D eigenvalue weighted by Gasteiger charge is 2.18. The van der Waals surface area contributed by atoms with Crippen LogP contribution in [0.2, 0.25) is 0 Å². The van der Waals surface area contributed by atoms with E-state index >= 15 is 0 Å². The van der Waals surface area contributed by atoms with Gasteiger partial charge in [-0.1, -0.05) is 44.2 Å². The standard InChI is InChI=1S/C20H20FN3O/c1-13(2)15-8-4-6-10-18(15)23-20(25)16-12-22-24(14(16)3)19-11-7-5-9-17(19)21/h4-13H,1-3H3,(H,23,25). The first-order valence-corrected chi connectivity index (χ1v) is 8.19. The van der Waals surface area contributed by atoms with E-state index in [1.165, 1.54) is 16.9 Å². The van der Waals surface area contributed by atoms with Gasteiger partial charge in [-0.25, -0.2) is 9.07 Å². The van der Waals surface area contributed by atoms with Gasteiger partial charge in [-0.2, -0.15) is 5.10 Å². The minimum atomic E-state index is -0.384. The Morgan fingerprint density at radius 2 is 1.80 bits per heavy atom. The van der Waals surface area contributed by atoms with Crippen LogP contribution in [0.4, 0.5) is 10.1 Å². The lowest BCUT2D eigenvalue weighted by molar-refractivity contribution is 0.102. The molecule has 0 aliphatic heterocycles. The third-order valence-electron chi connectivity index (χ3n) is 4.17. The van der Waals surface area contributed by atoms with Crippen molar-refractivity contribution in [3.8, 4) is 5.69 Å². The van der Waals surface area contributed by atoms with Crippen LogP contribution in [0, 0.1) is 12.7 Å². The number of halogens is 1. The molecule has 1 heterocycles. The Kier molecular flexibility index (Phi) is 4.65. The number of nitrogens with zero attached hydrogens (tertiary/aromatic N) is 2. The Morgan fingerprint density at radius 1 is 1.12 bits per heavy atom. The van der Waals surface area contributed by atoms with Gasteiger partial charge in [0.15, 0.2) is 0 Å². The second-order valence-electron chi connectivity index (χ2n) is 6.20. The van der Waals surface area contributed by atoms with Crippen LogP contribution in [-0.4, -0.2) is 15.7 Å². The number of rotatable bonds is 4. The molecule has 0 aliphatic carbocycles. The lowest BCUT2D eigenvalue weighted by Crippen LogP contribution is -2.14. The van der Waals surface area contributed by atoms with Gasteiger partial charge in [0.25, 0.3) is 5.91 Å². The number of carbonyl (C=O) groups is 1. The van der Waals surface area contributed by atoms with Gasteiger partial charge in [-0.3, -0.25) is 4.79 Å². The molecule has 3 rings (SSSR count). The Labute approximate surface area is 146 Å². The molecule has 5 heteroatoms. The molecule has 0 radical (unpaired) electrons. The van der Waals surface area contributed by atoms with Gasteiger partial charge < -0.3 is 5.32 Å². The molecule has 0 aliphatic rings. The highest BCUT2D eigenvalue weighted by atomic mass is 19.1. The number of anilines is 1. The Bertz CT molecular complexity index is 915. The van der Waals surface area contributed by atoms with E-state index < -0.39 is 0 Å². The van der Waals surface area contributed by atoms with Crippen LogP contribution >= 0.6 is 0 Å². The number of para-hydroxylation sites is 2. The SMILES string of the molecule is Cc1c(C(=O)Nc2ccccc2C(C)C)cnn1-c1ccccc1F. The van der Waals surface area contributed by atoms with Crippen LogP contribution in [-0.2, 0) is 0 Å². The maximum Gasteiger partial charge on any atom is 0.259 e. The number of hydrogen-bond acceptors (Lipinski definition) is 2. The van der Waals surface area contributed by atoms with E-state index in [1.54, 1.807) is 25.1 Å². The summed E-state index contributed by atoms with van der Waals surface area (Å²) < 4.78 is 15.4. The zero-order valence-electron chi connectivity index (χ0n) is 14.5. The first kappa shape index (κ1) is 16.9. The summed E-state index contributed by atoms with van der Waals surface area (Å²) in [5, 5.41) is 7.13. The molecule has 0 atom stereocenters. The van der Waals surface area contributed by atoms with Gasteiger partial charge in [0.1, 0.15) is 11.5 Å². The second kappa shape index (κ2) is 6.89. The zero-order chi connectivity index (χ0) is 18.0. The summed E-state index contributed by atoms with van der Waals surface area (Å²) in [5.41, 5.74) is 3.17. The molecule has 2 aromatic carbocycles. The van der Waals surface area contributed by atoms with Gasteiger partial charge >= 0.3 is 0 Å². The average Bonchev–Trinajstić information content (AvgIpc) is 2.97. The molecule has 1 amide bonds. The number of amides is 1. The summed E-state index contributed by atoms with van der Waals surface area (Å²) in [6.07, 6.45) is 1.47. The van der Waals surface area contributed by atoms with Crippen LogP contribution in [0.15, 0.2) is 54.7 Å². The van der Waals surface area contributed by atoms with Crippen molar-refractivity contribution >= 4 is 11.6 Å². The third-order valence-corrected chi connectivity index (χ3v) is 4.17. The van der Waals surface area contributed by atoms with E-state index in [0.29, 0.717) is 22.9 Å². The molecule has 0 saturated heterocycles. The summed E-state index contributed by atoms with van der Waals surface area (Å²) in [6, 6.07) is 14.1. The van der Waals surface area contributed by atoms with Crippen molar-refractivity contribution in [1.29, 1.82) is 0 Å². The smallest absolute Gasteiger partial charge is 0.259 e. The highest BCUT2D eigenvalue weighted by molar-refractivity contribution is 6.05. The summed E-state index contributed by atoms with van der Waals surface area (Å²) in [7, 11) is 0. The van der Waals surface area contributed by atoms with Gasteiger partial charge in [0.05, 0.1) is 17.5 Å². The average molecular weight is 337 g/mol. The lowest BCUT2D eigenvalue weighted by Gasteiger charge is -2.13. The lowest BCUT2D eigenvalue weighted by atomic mass is 10.0. The number of hydrogen-bond donors (Lipinski definition) is 1. The van der Waals surface area contributed by atoms with E-state index in [0.717, 1.165) is 11.3 Å². The number of aromatic nitrogens is 2. The molecule has 0 fully saturated rings. The fraction of sp³-hybridized carbons (Fsp3) is 0.200. The third kappa shape index (κ3) is 3.31. The quantitative estimate of drug-likeness (QED) is 0.750. The maximum absolute atomic E-state index is 14.0. The van der Waals surface area contributed by atoms with Crippen LogP contribution in [0.1, 0.15) is 41.4 Å². The summed E-state index contributed by atoms with van der Waals surface area (Å²) >= 11 is 0. The van der Waals surface area contributed by atoms with Crippen molar-refractivity contribution in [3.63, 3.8) is 0 Å². The Balaban J connectivity index is 1.91. The molecule has 0 bridgehead atoms. The summed E-state index contributed by atoms with van der Waals surface area (Å²) in [6.45, 7) is 5.90. The van der Waals surface area contributed by atoms with Crippen molar-refractivity contribution in [2.45, 2.75) is 26.7 Å². The van der Waals surface area contributed by atoms with E-state index in [2.05, 4.69) is 24.3 Å². The monoisotopic (exact) mass is 337 g/mol. The molecular formula is C20H20FN3O. The molecule has 0 spiro atoms. The molecule has 1 aromatic heterocycles. The van der Waals surface area contributed by atoms with Crippen molar-refractivity contribution < 1.29 is 9.18 Å². The summed E-state index contributed by atoms with van der Waals surface area (Å²) in [4.78, 5) is 12.7. The molecule has 3 aromatic rings. The first-order chi connectivity index (χ1) is 12.0. The van der Waals surface area contributed by atoms with Crippen molar-refractivity contribution in [1.82, 2.24) is 9.78 Å². The fourth-order valence-electron chi connectivity index (χ4n) is 2.80. The Hall–Kier alpha value is -2.95. The second-order valence-corrected chi connectivity index (χ2v) is 6.20. The van der Waals surface area contributed by atoms with Crippen LogP contribution in [0.5, 0.6) is 0 Å². The highest BCUT2D eigenvalue weighted by Crippen LogP contribution is 2.25. The molecular weight excluding hydrogens is 317 g/mol. The van der Waals surface area contributed by atoms with Gasteiger partial charge in [0, 0.05) is 5.69 Å². The zero-order valence-corrected chi connectivity index (χ0v) is 14.5. The summed E-state index contributed by atoms with van der Waals surface area (Å²) in [5.74, 6) is -0.349. The van der Waals surface area contributed by atoms with Crippen LogP contribution in [0.3, 0.4) is 0 Å². The number of benzene rings is 2. The normalized spacial score (nSPS) is 10.9. The Morgan fingerprint density at radius 3 is 2.52 bits per heavy atom. The van der Waals surface area contributed by atoms with Crippen LogP contribution < -0.4 is 5.32 Å². The predicted octanol–water partition coefficient (Wildman–Crippen LogP) is 4.70. The number of nitrogens with one attached hydrogen (secondary N) is 1. The fourth-order valence-corrected chi connectivity index (χ4v) is 2.80. The minimum absolute atomic E-state index is 0.256. The molecule has 25 heavy (non-hydrogen) atoms. The predicted molar refractivity (Wildman–Crippen MR) is 96.7 cm³/mol. The maximum atomic E-state index is 14.0. The van der Waals surface area contributed by atoms with Crippen molar-refractivity contribution in [2.75, 3.05) is 5.32 Å². The molecule has 4 nitrogen and oxygen atoms in total. The van der Waals surface area contributed by atoms with Crippen LogP contribution in [0.25, 0.3) is 5.69 Å². The van der Waals surface area contributed by atoms with Crippen molar-refractivity contribution in [3.05, 3.63) is 77.4 Å². The van der Waals surface area contributed by atoms with Gasteiger partial charge in [-0.05, 0) is 36.6 Å². The molecule has 128 valence electrons. The topological polar surface area (TPSA) is 46.9 Å². The number of carbonyl (C=O) groups excluding carboxylic acids is 1. The van der Waals surface area contributed by atoms with Gasteiger partial charge in [-0.15, -0.1) is 0 Å². The van der Waals surface area contributed by atoms with Gasteiger partial charge in [0.2, 0.25) is 0 Å². The van der Waals surface area contributed by atoms with E-state index in [4.69, 9.17) is 0 Å².